The minimum Gasteiger partial charge on any atom is -0.360 e. The van der Waals surface area contributed by atoms with Crippen LogP contribution in [0.3, 0.4) is 0 Å². The number of halogens is 1. The van der Waals surface area contributed by atoms with E-state index < -0.39 is 15.8 Å². The Morgan fingerprint density at radius 3 is 2.56 bits per heavy atom. The van der Waals surface area contributed by atoms with Crippen molar-refractivity contribution in [2.45, 2.75) is 30.1 Å². The molecule has 1 aliphatic carbocycles. The lowest BCUT2D eigenvalue weighted by molar-refractivity contribution is 0.0753. The Bertz CT molecular complexity index is 938. The van der Waals surface area contributed by atoms with Gasteiger partial charge in [0.15, 0.2) is 5.69 Å². The van der Waals surface area contributed by atoms with Crippen molar-refractivity contribution >= 4 is 15.9 Å². The molecule has 1 saturated carbocycles. The number of hydrogen-bond acceptors (Lipinski definition) is 5. The van der Waals surface area contributed by atoms with E-state index in [4.69, 9.17) is 4.52 Å². The number of sulfonamides is 1. The number of benzene rings is 1. The highest BCUT2D eigenvalue weighted by atomic mass is 32.2. The summed E-state index contributed by atoms with van der Waals surface area (Å²) in [6, 6.07) is 6.46. The first-order valence-electron chi connectivity index (χ1n) is 8.97. The topological polar surface area (TPSA) is 83.7 Å². The van der Waals surface area contributed by atoms with Crippen molar-refractivity contribution in [3.05, 3.63) is 47.6 Å². The Kier molecular flexibility index (Phi) is 4.73. The zero-order valence-electron chi connectivity index (χ0n) is 14.7. The number of amides is 1. The van der Waals surface area contributed by atoms with Gasteiger partial charge in [0, 0.05) is 38.2 Å². The molecule has 1 aliphatic heterocycles. The summed E-state index contributed by atoms with van der Waals surface area (Å²) in [5, 5.41) is 3.87. The van der Waals surface area contributed by atoms with Crippen LogP contribution in [0.25, 0.3) is 0 Å². The highest BCUT2D eigenvalue weighted by Gasteiger charge is 2.32. The average Bonchev–Trinajstić information content (AvgIpc) is 3.44. The second-order valence-corrected chi connectivity index (χ2v) is 8.83. The Balaban J connectivity index is 1.45. The molecule has 27 heavy (non-hydrogen) atoms. The fourth-order valence-corrected chi connectivity index (χ4v) is 4.67. The first-order chi connectivity index (χ1) is 12.9. The fraction of sp³-hybridized carbons (Fsp3) is 0.444. The highest BCUT2D eigenvalue weighted by Crippen LogP contribution is 2.40. The molecule has 144 valence electrons. The normalized spacial score (nSPS) is 19.1. The summed E-state index contributed by atoms with van der Waals surface area (Å²) in [4.78, 5) is 14.3. The van der Waals surface area contributed by atoms with Crippen molar-refractivity contribution in [2.24, 2.45) is 0 Å². The van der Waals surface area contributed by atoms with E-state index in [1.165, 1.54) is 16.4 Å². The Morgan fingerprint density at radius 2 is 1.85 bits per heavy atom. The number of carbonyl (C=O) groups is 1. The van der Waals surface area contributed by atoms with Crippen LogP contribution in [0.5, 0.6) is 0 Å². The molecule has 0 N–H and O–H groups in total. The van der Waals surface area contributed by atoms with Crippen LogP contribution in [0.15, 0.2) is 39.8 Å². The largest absolute Gasteiger partial charge is 0.360 e. The fourth-order valence-electron chi connectivity index (χ4n) is 3.21. The molecule has 7 nitrogen and oxygen atoms in total. The maximum atomic E-state index is 13.1. The number of rotatable bonds is 4. The molecular formula is C18H20FN3O4S. The molecule has 1 aromatic heterocycles. The molecular weight excluding hydrogens is 373 g/mol. The van der Waals surface area contributed by atoms with E-state index in [-0.39, 0.29) is 29.6 Å². The minimum absolute atomic E-state index is 0.0502. The lowest BCUT2D eigenvalue weighted by Gasteiger charge is -2.21. The summed E-state index contributed by atoms with van der Waals surface area (Å²) in [5.41, 5.74) is 0.270. The summed E-state index contributed by atoms with van der Waals surface area (Å²) in [5.74, 6) is 0.389. The van der Waals surface area contributed by atoms with Crippen LogP contribution in [0.1, 0.15) is 41.4 Å². The average molecular weight is 393 g/mol. The monoisotopic (exact) mass is 393 g/mol. The van der Waals surface area contributed by atoms with Crippen LogP contribution in [0.2, 0.25) is 0 Å². The van der Waals surface area contributed by atoms with Gasteiger partial charge in [-0.3, -0.25) is 4.79 Å². The van der Waals surface area contributed by atoms with Crippen molar-refractivity contribution in [2.75, 3.05) is 26.2 Å². The first-order valence-corrected chi connectivity index (χ1v) is 10.4. The molecule has 1 saturated heterocycles. The van der Waals surface area contributed by atoms with Crippen LogP contribution < -0.4 is 0 Å². The van der Waals surface area contributed by atoms with Crippen molar-refractivity contribution in [1.29, 1.82) is 0 Å². The van der Waals surface area contributed by atoms with Crippen molar-refractivity contribution in [1.82, 2.24) is 14.4 Å². The van der Waals surface area contributed by atoms with Gasteiger partial charge in [0.1, 0.15) is 11.6 Å². The van der Waals surface area contributed by atoms with E-state index in [0.717, 1.165) is 30.7 Å². The lowest BCUT2D eigenvalue weighted by atomic mass is 10.2. The SMILES string of the molecule is O=C(c1cc(C2CC2)on1)N1CCCN(S(=O)(=O)c2ccc(F)cc2)CC1. The Labute approximate surface area is 156 Å². The van der Waals surface area contributed by atoms with Crippen molar-refractivity contribution < 1.29 is 22.1 Å². The predicted molar refractivity (Wildman–Crippen MR) is 94.2 cm³/mol. The summed E-state index contributed by atoms with van der Waals surface area (Å²) >= 11 is 0. The van der Waals surface area contributed by atoms with E-state index in [1.807, 2.05) is 0 Å². The molecule has 0 radical (unpaired) electrons. The molecule has 2 heterocycles. The van der Waals surface area contributed by atoms with Crippen LogP contribution in [-0.4, -0.2) is 54.9 Å². The zero-order valence-corrected chi connectivity index (χ0v) is 15.5. The van der Waals surface area contributed by atoms with Gasteiger partial charge >= 0.3 is 0 Å². The lowest BCUT2D eigenvalue weighted by Crippen LogP contribution is -2.37. The Morgan fingerprint density at radius 1 is 1.11 bits per heavy atom. The Hall–Kier alpha value is -2.26. The van der Waals surface area contributed by atoms with Gasteiger partial charge < -0.3 is 9.42 Å². The second kappa shape index (κ2) is 7.05. The van der Waals surface area contributed by atoms with Crippen LogP contribution in [0.4, 0.5) is 4.39 Å². The summed E-state index contributed by atoms with van der Waals surface area (Å²) in [7, 11) is -3.72. The van der Waals surface area contributed by atoms with Crippen LogP contribution >= 0.6 is 0 Å². The number of nitrogens with zero attached hydrogens (tertiary/aromatic N) is 3. The highest BCUT2D eigenvalue weighted by molar-refractivity contribution is 7.89. The predicted octanol–water partition coefficient (Wildman–Crippen LogP) is 2.23. The van der Waals surface area contributed by atoms with Crippen molar-refractivity contribution in [3.8, 4) is 0 Å². The maximum absolute atomic E-state index is 13.1. The van der Waals surface area contributed by atoms with E-state index in [9.17, 15) is 17.6 Å². The first kappa shape index (κ1) is 18.1. The quantitative estimate of drug-likeness (QED) is 0.795. The molecule has 0 bridgehead atoms. The van der Waals surface area contributed by atoms with E-state index in [1.54, 1.807) is 11.0 Å². The molecule has 0 atom stereocenters. The maximum Gasteiger partial charge on any atom is 0.276 e. The van der Waals surface area contributed by atoms with Crippen LogP contribution in [0, 0.1) is 5.82 Å². The van der Waals surface area contributed by atoms with E-state index in [2.05, 4.69) is 5.16 Å². The molecule has 1 amide bonds. The van der Waals surface area contributed by atoms with Gasteiger partial charge in [0.05, 0.1) is 4.90 Å². The molecule has 2 fully saturated rings. The molecule has 0 unspecified atom stereocenters. The van der Waals surface area contributed by atoms with Gasteiger partial charge in [-0.1, -0.05) is 5.16 Å². The van der Waals surface area contributed by atoms with Gasteiger partial charge in [0.2, 0.25) is 10.0 Å². The molecule has 9 heteroatoms. The molecule has 2 aliphatic rings. The van der Waals surface area contributed by atoms with Crippen molar-refractivity contribution in [3.63, 3.8) is 0 Å². The zero-order chi connectivity index (χ0) is 19.0. The summed E-state index contributed by atoms with van der Waals surface area (Å²) < 4.78 is 45.2. The second-order valence-electron chi connectivity index (χ2n) is 6.89. The smallest absolute Gasteiger partial charge is 0.276 e. The third-order valence-corrected chi connectivity index (χ3v) is 6.83. The molecule has 1 aromatic carbocycles. The van der Waals surface area contributed by atoms with E-state index in [0.29, 0.717) is 25.4 Å². The van der Waals surface area contributed by atoms with Gasteiger partial charge in [0.25, 0.3) is 5.91 Å². The molecule has 0 spiro atoms. The summed E-state index contributed by atoms with van der Waals surface area (Å²) in [6.07, 6.45) is 2.63. The van der Waals surface area contributed by atoms with Gasteiger partial charge in [-0.05, 0) is 43.5 Å². The number of carbonyl (C=O) groups excluding carboxylic acids is 1. The number of hydrogen-bond donors (Lipinski definition) is 0. The molecule has 4 rings (SSSR count). The minimum atomic E-state index is -3.72. The van der Waals surface area contributed by atoms with Gasteiger partial charge in [-0.25, -0.2) is 12.8 Å². The molecule has 2 aromatic rings. The van der Waals surface area contributed by atoms with Crippen LogP contribution in [-0.2, 0) is 10.0 Å². The third kappa shape index (κ3) is 3.74. The van der Waals surface area contributed by atoms with Gasteiger partial charge in [-0.15, -0.1) is 0 Å². The van der Waals surface area contributed by atoms with E-state index >= 15 is 0 Å². The van der Waals surface area contributed by atoms with Gasteiger partial charge in [-0.2, -0.15) is 4.31 Å². The number of aromatic nitrogens is 1. The standard InChI is InChI=1S/C18H20FN3O4S/c19-14-4-6-15(7-5-14)27(24,25)22-9-1-8-21(10-11-22)18(23)16-12-17(26-20-16)13-2-3-13/h4-7,12-13H,1-3,8-11H2. The summed E-state index contributed by atoms with van der Waals surface area (Å²) in [6.45, 7) is 1.19. The third-order valence-electron chi connectivity index (χ3n) is 4.92.